The van der Waals surface area contributed by atoms with Gasteiger partial charge in [-0.25, -0.2) is 13.1 Å². The Labute approximate surface area is 187 Å². The van der Waals surface area contributed by atoms with Gasteiger partial charge >= 0.3 is 0 Å². The number of aromatic nitrogens is 4. The molecule has 0 bridgehead atoms. The summed E-state index contributed by atoms with van der Waals surface area (Å²) in [7, 11) is -3.56. The lowest BCUT2D eigenvalue weighted by Gasteiger charge is -2.35. The van der Waals surface area contributed by atoms with Crippen LogP contribution in [0.25, 0.3) is 5.69 Å². The van der Waals surface area contributed by atoms with Crippen molar-refractivity contribution in [1.29, 1.82) is 0 Å². The fourth-order valence-corrected chi connectivity index (χ4v) is 5.42. The van der Waals surface area contributed by atoms with Crippen molar-refractivity contribution in [2.45, 2.75) is 4.90 Å². The van der Waals surface area contributed by atoms with Gasteiger partial charge in [-0.2, -0.15) is 14.5 Å². The average Bonchev–Trinajstić information content (AvgIpc) is 3.40. The lowest BCUT2D eigenvalue weighted by Crippen LogP contribution is -2.49. The van der Waals surface area contributed by atoms with E-state index in [9.17, 15) is 8.42 Å². The van der Waals surface area contributed by atoms with Gasteiger partial charge in [0.05, 0.1) is 35.7 Å². The minimum atomic E-state index is -3.56. The van der Waals surface area contributed by atoms with Crippen LogP contribution in [0.1, 0.15) is 0 Å². The summed E-state index contributed by atoms with van der Waals surface area (Å²) in [5, 5.41) is 12.6. The van der Waals surface area contributed by atoms with Crippen molar-refractivity contribution >= 4 is 21.5 Å². The summed E-state index contributed by atoms with van der Waals surface area (Å²) in [5.74, 6) is 0.773. The van der Waals surface area contributed by atoms with Crippen LogP contribution >= 0.6 is 0 Å². The van der Waals surface area contributed by atoms with Crippen molar-refractivity contribution in [3.63, 3.8) is 0 Å². The van der Waals surface area contributed by atoms with E-state index in [1.807, 2.05) is 18.3 Å². The number of sulfonamides is 1. The normalized spacial score (nSPS) is 18.1. The van der Waals surface area contributed by atoms with E-state index in [2.05, 4.69) is 25.1 Å². The number of rotatable bonds is 5. The molecule has 0 radical (unpaired) electrons. The predicted molar refractivity (Wildman–Crippen MR) is 120 cm³/mol. The Kier molecular flexibility index (Phi) is 5.77. The molecule has 32 heavy (non-hydrogen) atoms. The first-order valence-electron chi connectivity index (χ1n) is 10.6. The molecule has 0 saturated carbocycles. The Bertz CT molecular complexity index is 1140. The summed E-state index contributed by atoms with van der Waals surface area (Å²) in [6.07, 6.45) is 5.27. The molecule has 3 aromatic rings. The van der Waals surface area contributed by atoms with Crippen LogP contribution in [0.3, 0.4) is 0 Å². The van der Waals surface area contributed by atoms with Gasteiger partial charge < -0.3 is 14.5 Å². The van der Waals surface area contributed by atoms with E-state index in [0.717, 1.165) is 30.3 Å². The summed E-state index contributed by atoms with van der Waals surface area (Å²) in [4.78, 5) is 4.61. The molecule has 1 aromatic carbocycles. The molecule has 0 N–H and O–H groups in total. The van der Waals surface area contributed by atoms with Crippen LogP contribution in [0.2, 0.25) is 0 Å². The number of hydrogen-bond acceptors (Lipinski definition) is 8. The SMILES string of the molecule is O=S(=O)(c1ccc(-n2cccn2)cc1)N1CCN(c2cc(N3CCOCC3)cnn2)CC1. The summed E-state index contributed by atoms with van der Waals surface area (Å²) in [6, 6.07) is 10.7. The Balaban J connectivity index is 1.25. The molecule has 168 valence electrons. The van der Waals surface area contributed by atoms with Gasteiger partial charge in [0.1, 0.15) is 0 Å². The Morgan fingerprint density at radius 3 is 2.31 bits per heavy atom. The standard InChI is InChI=1S/C21H25N7O3S/c29-32(30,20-4-2-18(3-5-20)28-7-1-6-23-28)27-10-8-26(9-11-27)21-16-19(17-22-24-21)25-12-14-31-15-13-25/h1-7,16-17H,8-15H2. The van der Waals surface area contributed by atoms with Gasteiger partial charge in [0.2, 0.25) is 10.0 Å². The molecule has 0 atom stereocenters. The molecule has 4 heterocycles. The summed E-state index contributed by atoms with van der Waals surface area (Å²) >= 11 is 0. The third-order valence-corrected chi connectivity index (χ3v) is 7.72. The summed E-state index contributed by atoms with van der Waals surface area (Å²) in [6.45, 7) is 4.98. The van der Waals surface area contributed by atoms with E-state index < -0.39 is 10.0 Å². The van der Waals surface area contributed by atoms with E-state index >= 15 is 0 Å². The first-order valence-corrected chi connectivity index (χ1v) is 12.1. The van der Waals surface area contributed by atoms with E-state index in [1.54, 1.807) is 41.3 Å². The number of hydrogen-bond donors (Lipinski definition) is 0. The fraction of sp³-hybridized carbons (Fsp3) is 0.381. The molecule has 0 aliphatic carbocycles. The van der Waals surface area contributed by atoms with Crippen LogP contribution in [0.15, 0.2) is 59.9 Å². The predicted octanol–water partition coefficient (Wildman–Crippen LogP) is 1.01. The number of piperazine rings is 1. The zero-order valence-corrected chi connectivity index (χ0v) is 18.4. The van der Waals surface area contributed by atoms with E-state index in [1.165, 1.54) is 4.31 Å². The van der Waals surface area contributed by atoms with Crippen LogP contribution in [0, 0.1) is 0 Å². The largest absolute Gasteiger partial charge is 0.378 e. The first-order chi connectivity index (χ1) is 15.6. The lowest BCUT2D eigenvalue weighted by molar-refractivity contribution is 0.122. The average molecular weight is 456 g/mol. The minimum Gasteiger partial charge on any atom is -0.378 e. The van der Waals surface area contributed by atoms with Gasteiger partial charge in [-0.15, -0.1) is 5.10 Å². The Morgan fingerprint density at radius 2 is 1.62 bits per heavy atom. The van der Waals surface area contributed by atoms with Crippen molar-refractivity contribution in [1.82, 2.24) is 24.3 Å². The van der Waals surface area contributed by atoms with E-state index in [0.29, 0.717) is 39.4 Å². The van der Waals surface area contributed by atoms with Crippen molar-refractivity contribution in [2.75, 3.05) is 62.3 Å². The summed E-state index contributed by atoms with van der Waals surface area (Å²) in [5.41, 5.74) is 1.84. The quantitative estimate of drug-likeness (QED) is 0.562. The maximum atomic E-state index is 13.1. The highest BCUT2D eigenvalue weighted by Gasteiger charge is 2.29. The molecule has 2 aromatic heterocycles. The maximum Gasteiger partial charge on any atom is 0.243 e. The van der Waals surface area contributed by atoms with Gasteiger partial charge in [-0.1, -0.05) is 0 Å². The van der Waals surface area contributed by atoms with Crippen molar-refractivity contribution in [2.24, 2.45) is 0 Å². The van der Waals surface area contributed by atoms with E-state index in [4.69, 9.17) is 4.74 Å². The molecule has 0 unspecified atom stereocenters. The molecule has 10 nitrogen and oxygen atoms in total. The number of nitrogens with zero attached hydrogens (tertiary/aromatic N) is 7. The molecule has 11 heteroatoms. The zero-order chi connectivity index (χ0) is 22.0. The molecule has 0 spiro atoms. The number of benzene rings is 1. The van der Waals surface area contributed by atoms with Crippen LogP contribution in [0.4, 0.5) is 11.5 Å². The number of anilines is 2. The Hall–Kier alpha value is -3.02. The molecule has 0 amide bonds. The van der Waals surface area contributed by atoms with Gasteiger partial charge in [0.15, 0.2) is 5.82 Å². The lowest BCUT2D eigenvalue weighted by atomic mass is 10.3. The van der Waals surface area contributed by atoms with Gasteiger partial charge in [-0.05, 0) is 30.3 Å². The summed E-state index contributed by atoms with van der Waals surface area (Å²) < 4.78 is 34.9. The topological polar surface area (TPSA) is 96.7 Å². The Morgan fingerprint density at radius 1 is 0.875 bits per heavy atom. The van der Waals surface area contributed by atoms with Crippen LogP contribution in [-0.4, -0.2) is 85.2 Å². The monoisotopic (exact) mass is 455 g/mol. The second kappa shape index (κ2) is 8.85. The zero-order valence-electron chi connectivity index (χ0n) is 17.6. The third-order valence-electron chi connectivity index (χ3n) is 5.81. The van der Waals surface area contributed by atoms with E-state index in [-0.39, 0.29) is 4.90 Å². The molecular formula is C21H25N7O3S. The molecular weight excluding hydrogens is 430 g/mol. The van der Waals surface area contributed by atoms with Crippen LogP contribution < -0.4 is 9.80 Å². The van der Waals surface area contributed by atoms with Gasteiger partial charge in [0.25, 0.3) is 0 Å². The molecule has 2 aliphatic heterocycles. The maximum absolute atomic E-state index is 13.1. The van der Waals surface area contributed by atoms with Crippen molar-refractivity contribution in [3.05, 3.63) is 55.0 Å². The molecule has 2 saturated heterocycles. The highest BCUT2D eigenvalue weighted by molar-refractivity contribution is 7.89. The number of ether oxygens (including phenoxy) is 1. The smallest absolute Gasteiger partial charge is 0.243 e. The molecule has 2 aliphatic rings. The van der Waals surface area contributed by atoms with Crippen molar-refractivity contribution < 1.29 is 13.2 Å². The second-order valence-corrected chi connectivity index (χ2v) is 9.64. The minimum absolute atomic E-state index is 0.288. The third kappa shape index (κ3) is 4.18. The number of morpholine rings is 1. The second-order valence-electron chi connectivity index (χ2n) is 7.71. The fourth-order valence-electron chi connectivity index (χ4n) is 3.99. The molecule has 2 fully saturated rings. The van der Waals surface area contributed by atoms with Gasteiger partial charge in [-0.3, -0.25) is 0 Å². The highest BCUT2D eigenvalue weighted by Crippen LogP contribution is 2.23. The van der Waals surface area contributed by atoms with Crippen molar-refractivity contribution in [3.8, 4) is 5.69 Å². The first kappa shape index (κ1) is 20.9. The highest BCUT2D eigenvalue weighted by atomic mass is 32.2. The van der Waals surface area contributed by atoms with Crippen LogP contribution in [0.5, 0.6) is 0 Å². The van der Waals surface area contributed by atoms with Crippen LogP contribution in [-0.2, 0) is 14.8 Å². The molecule has 5 rings (SSSR count). The van der Waals surface area contributed by atoms with Gasteiger partial charge in [0, 0.05) is 57.7 Å².